The van der Waals surface area contributed by atoms with Gasteiger partial charge in [0.15, 0.2) is 0 Å². The molecule has 30 nitrogen and oxygen atoms in total. The molecule has 1 aromatic carbocycles. The summed E-state index contributed by atoms with van der Waals surface area (Å²) in [5, 5.41) is 77.8. The summed E-state index contributed by atoms with van der Waals surface area (Å²) in [6.45, 7) is 37.6. The van der Waals surface area contributed by atoms with E-state index in [0.717, 1.165) is 60.8 Å². The van der Waals surface area contributed by atoms with Gasteiger partial charge >= 0.3 is 11.9 Å². The molecule has 7 N–H and O–H groups in total. The molecule has 2 amide bonds. The predicted octanol–water partition coefficient (Wildman–Crippen LogP) is 16.3. The average molecular weight is 2100 g/mol. The van der Waals surface area contributed by atoms with Gasteiger partial charge in [-0.25, -0.2) is 9.59 Å². The van der Waals surface area contributed by atoms with Crippen LogP contribution in [0, 0.1) is 76.9 Å². The number of allylic oxidation sites excluding steroid dienone is 12. The monoisotopic (exact) mass is 2100 g/mol. The molecule has 5 saturated heterocycles. The van der Waals surface area contributed by atoms with Gasteiger partial charge in [0.25, 0.3) is 23.4 Å². The molecule has 30 heteroatoms. The van der Waals surface area contributed by atoms with E-state index in [1.807, 2.05) is 107 Å². The first-order valence-corrected chi connectivity index (χ1v) is 55.7. The van der Waals surface area contributed by atoms with Gasteiger partial charge in [-0.3, -0.25) is 28.8 Å². The van der Waals surface area contributed by atoms with Gasteiger partial charge in [0.2, 0.25) is 11.6 Å². The molecular weight excluding hydrogens is 1920 g/mol. The van der Waals surface area contributed by atoms with Crippen LogP contribution in [-0.2, 0) is 99.9 Å². The number of Topliss-reactive ketones (excluding diaryl/α,β-unsaturated/α-hetero) is 4. The van der Waals surface area contributed by atoms with Crippen LogP contribution < -0.4 is 0 Å². The van der Waals surface area contributed by atoms with Crippen LogP contribution in [0.3, 0.4) is 0 Å². The molecule has 0 aromatic heterocycles. The Morgan fingerprint density at radius 2 is 0.873 bits per heavy atom. The van der Waals surface area contributed by atoms with Crippen molar-refractivity contribution < 1.29 is 136 Å². The first kappa shape index (κ1) is 126. The number of ketones is 4. The van der Waals surface area contributed by atoms with Gasteiger partial charge in [-0.15, -0.1) is 0 Å². The number of nitrogens with zero attached hydrogens (tertiary/aromatic N) is 2. The van der Waals surface area contributed by atoms with Crippen molar-refractivity contribution in [3.05, 3.63) is 155 Å². The highest BCUT2D eigenvalue weighted by Crippen LogP contribution is 2.44. The molecule has 842 valence electrons. The van der Waals surface area contributed by atoms with Crippen molar-refractivity contribution in [1.29, 1.82) is 0 Å². The Hall–Kier alpha value is -7.54. The summed E-state index contributed by atoms with van der Waals surface area (Å²) in [5.74, 6) is -13.8. The molecule has 150 heavy (non-hydrogen) atoms. The van der Waals surface area contributed by atoms with Crippen molar-refractivity contribution in [3.8, 4) is 0 Å². The van der Waals surface area contributed by atoms with Crippen LogP contribution in [0.5, 0.6) is 0 Å². The Bertz CT molecular complexity index is 4710. The third-order valence-corrected chi connectivity index (χ3v) is 33.2. The minimum atomic E-state index is -2.51. The highest BCUT2D eigenvalue weighted by Gasteiger charge is 2.56. The van der Waals surface area contributed by atoms with E-state index in [9.17, 15) is 74.1 Å². The quantitative estimate of drug-likeness (QED) is 0.0304. The third-order valence-electron chi connectivity index (χ3n) is 33.2. The molecule has 4 unspecified atom stereocenters. The highest BCUT2D eigenvalue weighted by atomic mass is 16.7. The molecular formula is C120H184N2O28. The Kier molecular flexibility index (Phi) is 52.4. The van der Waals surface area contributed by atoms with Crippen molar-refractivity contribution in [3.63, 3.8) is 0 Å². The number of aliphatic hydroxyl groups excluding tert-OH is 5. The van der Waals surface area contributed by atoms with Crippen LogP contribution in [0.15, 0.2) is 150 Å². The van der Waals surface area contributed by atoms with Crippen molar-refractivity contribution in [2.45, 2.75) is 379 Å². The molecule has 7 fully saturated rings. The van der Waals surface area contributed by atoms with Crippen LogP contribution in [0.1, 0.15) is 276 Å². The lowest BCUT2D eigenvalue weighted by atomic mass is 9.78. The van der Waals surface area contributed by atoms with E-state index in [0.29, 0.717) is 139 Å². The number of fused-ring (bicyclic) bond motifs is 6. The lowest BCUT2D eigenvalue weighted by molar-refractivity contribution is -0.266. The van der Waals surface area contributed by atoms with Gasteiger partial charge in [0.1, 0.15) is 66.4 Å². The number of hydrogen-bond acceptors (Lipinski definition) is 28. The number of hydrogen-bond donors (Lipinski definition) is 7. The number of piperidine rings is 2. The number of cyclic esters (lactones) is 2. The second-order valence-electron chi connectivity index (χ2n) is 44.8. The Morgan fingerprint density at radius 1 is 0.460 bits per heavy atom. The minimum absolute atomic E-state index is 0.00977. The smallest absolute Gasteiger partial charge is 0.329 e. The summed E-state index contributed by atoms with van der Waals surface area (Å²) in [6.07, 6.45) is 27.4. The third kappa shape index (κ3) is 36.3. The van der Waals surface area contributed by atoms with Crippen molar-refractivity contribution in [2.75, 3.05) is 94.4 Å². The minimum Gasteiger partial charge on any atom is -0.460 e. The van der Waals surface area contributed by atoms with E-state index in [-0.39, 0.29) is 162 Å². The van der Waals surface area contributed by atoms with Crippen molar-refractivity contribution in [1.82, 2.24) is 9.80 Å². The maximum absolute atomic E-state index is 14.6. The SMILES string of the molecule is C=C1[C@H](C)C[C@H](C)/C=C/C=C/C=C(\C)C(OCC2CCOCC2)C[C@@H]2CC[C@@H](C)[C@@](O)(O2)C(=O)C(=O)N2CCCCC2C(=O)O[C@H]([C@H](C)C[C@@H]2CC[C@@H](OCCO)[C@H](OC)C2)CC(=O)[C@H](C)/C=C(\C)[C@@H](O)[C@H]1OC.C=C1[C@H](C)C[C@H](C)/C=C/C=C/C=C(\C)C(OC[C@H](O)c2ccccc2)C[C@@H]2CC[C@@H](C)[C@@](O)(O2)C(=O)C(=O)N2CCCCC2C(=O)O[C@H]([C@H](C)C[C@@H]2CC[C@@H](OCCO)[C@H](OC)C2)CC(=O)[C@H](C)/C=C(\C)[C@@H](O)[C@H]1OC. The summed E-state index contributed by atoms with van der Waals surface area (Å²) < 4.78 is 79.3. The number of amides is 2. The predicted molar refractivity (Wildman–Crippen MR) is 573 cm³/mol. The van der Waals surface area contributed by atoms with Gasteiger partial charge in [-0.2, -0.15) is 0 Å². The summed E-state index contributed by atoms with van der Waals surface area (Å²) in [5.41, 5.74) is 4.99. The second-order valence-corrected chi connectivity index (χ2v) is 44.8. The van der Waals surface area contributed by atoms with Gasteiger partial charge < -0.3 is 107 Å². The Morgan fingerprint density at radius 3 is 1.27 bits per heavy atom. The summed E-state index contributed by atoms with van der Waals surface area (Å²) in [6, 6.07) is 6.89. The molecule has 0 radical (unpaired) electrons. The molecule has 4 bridgehead atoms. The van der Waals surface area contributed by atoms with Gasteiger partial charge in [-0.1, -0.05) is 186 Å². The number of ether oxygens (including phenoxy) is 13. The molecule has 7 aliphatic heterocycles. The van der Waals surface area contributed by atoms with Gasteiger partial charge in [-0.05, 0) is 261 Å². The number of aliphatic hydroxyl groups is 7. The van der Waals surface area contributed by atoms with E-state index in [1.54, 1.807) is 75.0 Å². The normalized spacial score (nSPS) is 37.6. The maximum atomic E-state index is 14.6. The van der Waals surface area contributed by atoms with Crippen LogP contribution in [0.25, 0.3) is 0 Å². The fourth-order valence-corrected chi connectivity index (χ4v) is 23.2. The lowest BCUT2D eigenvalue weighted by Crippen LogP contribution is -2.61. The Labute approximate surface area is 893 Å². The molecule has 10 rings (SSSR count). The zero-order valence-corrected chi connectivity index (χ0v) is 93.1. The number of esters is 2. The zero-order valence-electron chi connectivity index (χ0n) is 93.1. The summed E-state index contributed by atoms with van der Waals surface area (Å²) >= 11 is 0. The van der Waals surface area contributed by atoms with Crippen LogP contribution in [-0.4, -0.2) is 296 Å². The largest absolute Gasteiger partial charge is 0.460 e. The van der Waals surface area contributed by atoms with Gasteiger partial charge in [0.05, 0.1) is 88.5 Å². The van der Waals surface area contributed by atoms with Gasteiger partial charge in [0, 0.05) is 104 Å². The molecule has 9 aliphatic rings. The average Bonchev–Trinajstić information content (AvgIpc) is 0.772. The number of methoxy groups -OCH3 is 4. The Balaban J connectivity index is 0.000000333. The fourth-order valence-electron chi connectivity index (χ4n) is 23.2. The maximum Gasteiger partial charge on any atom is 0.329 e. The van der Waals surface area contributed by atoms with Crippen LogP contribution >= 0.6 is 0 Å². The first-order chi connectivity index (χ1) is 71.5. The first-order valence-electron chi connectivity index (χ1n) is 55.7. The van der Waals surface area contributed by atoms with E-state index in [1.165, 1.54) is 16.9 Å². The van der Waals surface area contributed by atoms with E-state index < -0.39 is 150 Å². The molecule has 1 aromatic rings. The lowest BCUT2D eigenvalue weighted by Gasteiger charge is -2.43. The number of carbonyl (C=O) groups is 8. The standard InChI is InChI=1S/C61H91NO14.C59H93NO14/c1-38-19-13-11-14-20-39(2)53(74-37-51(65)47-21-15-12-16-22-47)35-48-26-24-44(7)61(70,76-48)58(67)59(68)62-28-18-17-23-49(62)60(69)75-54(42(5)33-46-25-27-52(73-30-29-63)55(34-46)71-9)36-50(64)41(4)32-43(6)56(66)57(72-10)45(8)40(3)31-38;1-37-16-12-11-13-17-38(2)51(72-36-45-23-27-70-28-24-45)34-47-21-19-43(7)59(67,74-47)56(64)57(65)60-25-15-14-18-48(60)58(66)73-52(41(5)32-46-20-22-50(71-29-26-61)53(33-46)68-9)35-49(62)40(4)31-42(6)54(63)55(69-10)44(8)39(3)30-37/h11-16,19-22,32,38,40-42,44,46,48-49,51-57,63,65-66,70H,8,17-18,23-31,33-37H2,1-7,9-10H3;11-13,16-17,31,37,39-41,43,45-48,50-55,61,63,67H,8,14-15,18-30,32-36H2,1-7,9-10H3/b14-11+,19-13+,39-20+,43-32+;13-11+,16-12+,38-17+,42-31+/t38-,40-,41-,42-,44-,46+,48+,49?,51+,52-,53?,54+,55-,56-,57+,61-;37-,39-,40-,41-,43-,46+,47+,48?,50-,51?,52+,53-,54-,55+,59-/m11/s1. The van der Waals surface area contributed by atoms with Crippen LogP contribution in [0.2, 0.25) is 0 Å². The zero-order chi connectivity index (χ0) is 110. The van der Waals surface area contributed by atoms with E-state index in [2.05, 4.69) is 53.0 Å². The summed E-state index contributed by atoms with van der Waals surface area (Å²) in [4.78, 5) is 118. The van der Waals surface area contributed by atoms with E-state index >= 15 is 0 Å². The van der Waals surface area contributed by atoms with E-state index in [4.69, 9.17) is 61.6 Å². The number of rotatable bonds is 23. The molecule has 7 heterocycles. The molecule has 31 atom stereocenters. The number of carbonyl (C=O) groups excluding carboxylic acids is 8. The van der Waals surface area contributed by atoms with Crippen molar-refractivity contribution in [2.24, 2.45) is 76.9 Å². The number of benzene rings is 1. The fraction of sp³-hybridized carbons (Fsp3) is 0.717. The molecule has 0 spiro atoms. The van der Waals surface area contributed by atoms with Crippen LogP contribution in [0.4, 0.5) is 0 Å². The topological polar surface area (TPSA) is 405 Å². The molecule has 2 saturated carbocycles. The highest BCUT2D eigenvalue weighted by molar-refractivity contribution is 6.39. The van der Waals surface area contributed by atoms with Crippen molar-refractivity contribution >= 4 is 46.9 Å². The molecule has 2 aliphatic carbocycles. The second kappa shape index (κ2) is 62.4. The summed E-state index contributed by atoms with van der Waals surface area (Å²) in [7, 11) is 6.36.